The van der Waals surface area contributed by atoms with E-state index in [2.05, 4.69) is 0 Å². The summed E-state index contributed by atoms with van der Waals surface area (Å²) in [6, 6.07) is 18.5. The molecule has 4 heteroatoms. The minimum atomic E-state index is -0.266. The molecule has 0 radical (unpaired) electrons. The van der Waals surface area contributed by atoms with Gasteiger partial charge in [-0.3, -0.25) is 4.79 Å². The first-order valence-electron chi connectivity index (χ1n) is 8.80. The first kappa shape index (κ1) is 17.2. The largest absolute Gasteiger partial charge is 0.462 e. The summed E-state index contributed by atoms with van der Waals surface area (Å²) in [6.45, 7) is 1.97. The third-order valence-electron chi connectivity index (χ3n) is 4.69. The molecule has 0 N–H and O–H groups in total. The third kappa shape index (κ3) is 4.69. The Balaban J connectivity index is 1.39. The summed E-state index contributed by atoms with van der Waals surface area (Å²) in [6.07, 6.45) is 2.77. The fourth-order valence-corrected chi connectivity index (χ4v) is 3.16. The van der Waals surface area contributed by atoms with Crippen molar-refractivity contribution < 1.29 is 14.3 Å². The maximum absolute atomic E-state index is 12.4. The van der Waals surface area contributed by atoms with Crippen LogP contribution in [0.5, 0.6) is 0 Å². The van der Waals surface area contributed by atoms with E-state index < -0.39 is 0 Å². The van der Waals surface area contributed by atoms with E-state index in [4.69, 9.17) is 4.74 Å². The predicted octanol–water partition coefficient (Wildman–Crippen LogP) is 3.79. The lowest BCUT2D eigenvalue weighted by atomic mass is 9.93. The van der Waals surface area contributed by atoms with Crippen molar-refractivity contribution in [3.05, 3.63) is 71.8 Å². The number of esters is 1. The average Bonchev–Trinajstić information content (AvgIpc) is 2.69. The molecule has 0 saturated carbocycles. The van der Waals surface area contributed by atoms with Crippen LogP contribution in [0.3, 0.4) is 0 Å². The van der Waals surface area contributed by atoms with Crippen LogP contribution in [-0.2, 0) is 4.74 Å². The first-order valence-corrected chi connectivity index (χ1v) is 8.80. The number of hydrogen-bond donors (Lipinski definition) is 0. The van der Waals surface area contributed by atoms with E-state index >= 15 is 0 Å². The number of ether oxygens (including phenoxy) is 1. The molecule has 1 amide bonds. The molecular formula is C21H23NO3. The van der Waals surface area contributed by atoms with E-state index in [1.807, 2.05) is 53.4 Å². The quantitative estimate of drug-likeness (QED) is 0.780. The van der Waals surface area contributed by atoms with Crippen molar-refractivity contribution in [2.75, 3.05) is 19.7 Å². The number of rotatable bonds is 5. The average molecular weight is 337 g/mol. The summed E-state index contributed by atoms with van der Waals surface area (Å²) in [5.41, 5.74) is 1.34. The van der Waals surface area contributed by atoms with Crippen molar-refractivity contribution in [3.8, 4) is 0 Å². The number of amides is 1. The van der Waals surface area contributed by atoms with Gasteiger partial charge in [-0.15, -0.1) is 0 Å². The van der Waals surface area contributed by atoms with Crippen LogP contribution in [0.1, 0.15) is 40.0 Å². The zero-order valence-electron chi connectivity index (χ0n) is 14.3. The standard InChI is InChI=1S/C21H23NO3/c23-20(18-7-3-1-4-8-18)22-14-11-17(12-15-22)13-16-25-21(24)19-9-5-2-6-10-19/h1-10,17H,11-16H2. The Morgan fingerprint density at radius 1 is 0.880 bits per heavy atom. The highest BCUT2D eigenvalue weighted by Crippen LogP contribution is 2.22. The van der Waals surface area contributed by atoms with E-state index in [-0.39, 0.29) is 11.9 Å². The number of likely N-dealkylation sites (tertiary alicyclic amines) is 1. The lowest BCUT2D eigenvalue weighted by molar-refractivity contribution is 0.0459. The summed E-state index contributed by atoms with van der Waals surface area (Å²) in [5.74, 6) is 0.343. The van der Waals surface area contributed by atoms with Crippen molar-refractivity contribution >= 4 is 11.9 Å². The van der Waals surface area contributed by atoms with Crippen molar-refractivity contribution in [3.63, 3.8) is 0 Å². The van der Waals surface area contributed by atoms with Crippen LogP contribution in [0.15, 0.2) is 60.7 Å². The number of piperidine rings is 1. The molecule has 1 saturated heterocycles. The van der Waals surface area contributed by atoms with Crippen LogP contribution >= 0.6 is 0 Å². The molecule has 0 aromatic heterocycles. The Morgan fingerprint density at radius 2 is 1.44 bits per heavy atom. The molecule has 25 heavy (non-hydrogen) atoms. The van der Waals surface area contributed by atoms with Crippen LogP contribution in [0, 0.1) is 5.92 Å². The van der Waals surface area contributed by atoms with Gasteiger partial charge in [0.15, 0.2) is 0 Å². The molecule has 0 atom stereocenters. The van der Waals surface area contributed by atoms with E-state index in [9.17, 15) is 9.59 Å². The van der Waals surface area contributed by atoms with Gasteiger partial charge in [0.25, 0.3) is 5.91 Å². The SMILES string of the molecule is O=C(OCCC1CCN(C(=O)c2ccccc2)CC1)c1ccccc1. The molecule has 1 heterocycles. The number of nitrogens with zero attached hydrogens (tertiary/aromatic N) is 1. The molecule has 2 aromatic rings. The highest BCUT2D eigenvalue weighted by molar-refractivity contribution is 5.94. The Morgan fingerprint density at radius 3 is 2.04 bits per heavy atom. The van der Waals surface area contributed by atoms with Crippen molar-refractivity contribution in [1.29, 1.82) is 0 Å². The summed E-state index contributed by atoms with van der Waals surface area (Å²) in [5, 5.41) is 0. The molecule has 1 fully saturated rings. The third-order valence-corrected chi connectivity index (χ3v) is 4.69. The second kappa shape index (κ2) is 8.47. The summed E-state index contributed by atoms with van der Waals surface area (Å²) < 4.78 is 5.35. The Labute approximate surface area is 148 Å². The first-order chi connectivity index (χ1) is 12.2. The zero-order valence-corrected chi connectivity index (χ0v) is 14.3. The molecular weight excluding hydrogens is 314 g/mol. The second-order valence-electron chi connectivity index (χ2n) is 6.39. The number of benzene rings is 2. The molecule has 0 aliphatic carbocycles. The van der Waals surface area contributed by atoms with Gasteiger partial charge < -0.3 is 9.64 Å². The minimum absolute atomic E-state index is 0.106. The molecule has 1 aliphatic rings. The van der Waals surface area contributed by atoms with Gasteiger partial charge in [-0.1, -0.05) is 36.4 Å². The number of carbonyl (C=O) groups is 2. The Bertz CT molecular complexity index is 689. The fraction of sp³-hybridized carbons (Fsp3) is 0.333. The lowest BCUT2D eigenvalue weighted by Gasteiger charge is -2.32. The monoisotopic (exact) mass is 337 g/mol. The van der Waals surface area contributed by atoms with Crippen LogP contribution in [0.2, 0.25) is 0 Å². The molecule has 130 valence electrons. The topological polar surface area (TPSA) is 46.6 Å². The van der Waals surface area contributed by atoms with Crippen LogP contribution in [0.25, 0.3) is 0 Å². The smallest absolute Gasteiger partial charge is 0.338 e. The molecule has 2 aromatic carbocycles. The molecule has 0 bridgehead atoms. The highest BCUT2D eigenvalue weighted by atomic mass is 16.5. The van der Waals surface area contributed by atoms with E-state index in [0.717, 1.165) is 37.9 Å². The van der Waals surface area contributed by atoms with Gasteiger partial charge in [0.2, 0.25) is 0 Å². The van der Waals surface area contributed by atoms with Crippen molar-refractivity contribution in [2.24, 2.45) is 5.92 Å². The summed E-state index contributed by atoms with van der Waals surface area (Å²) >= 11 is 0. The molecule has 4 nitrogen and oxygen atoms in total. The molecule has 0 spiro atoms. The number of carbonyl (C=O) groups excluding carboxylic acids is 2. The second-order valence-corrected chi connectivity index (χ2v) is 6.39. The van der Waals surface area contributed by atoms with Crippen molar-refractivity contribution in [1.82, 2.24) is 4.90 Å². The molecule has 1 aliphatic heterocycles. The van der Waals surface area contributed by atoms with Crippen LogP contribution in [0.4, 0.5) is 0 Å². The van der Waals surface area contributed by atoms with Gasteiger partial charge in [-0.05, 0) is 49.4 Å². The molecule has 3 rings (SSSR count). The molecule has 0 unspecified atom stereocenters. The minimum Gasteiger partial charge on any atom is -0.462 e. The van der Waals surface area contributed by atoms with Gasteiger partial charge in [-0.2, -0.15) is 0 Å². The fourth-order valence-electron chi connectivity index (χ4n) is 3.16. The maximum Gasteiger partial charge on any atom is 0.338 e. The van der Waals surface area contributed by atoms with Gasteiger partial charge in [-0.25, -0.2) is 4.79 Å². The van der Waals surface area contributed by atoms with Gasteiger partial charge in [0, 0.05) is 18.7 Å². The lowest BCUT2D eigenvalue weighted by Crippen LogP contribution is -2.38. The van der Waals surface area contributed by atoms with Gasteiger partial charge in [0.05, 0.1) is 12.2 Å². The number of hydrogen-bond acceptors (Lipinski definition) is 3. The normalized spacial score (nSPS) is 15.0. The van der Waals surface area contributed by atoms with Gasteiger partial charge >= 0.3 is 5.97 Å². The van der Waals surface area contributed by atoms with E-state index in [1.54, 1.807) is 12.1 Å². The van der Waals surface area contributed by atoms with Crippen LogP contribution in [-0.4, -0.2) is 36.5 Å². The van der Waals surface area contributed by atoms with Gasteiger partial charge in [0.1, 0.15) is 0 Å². The van der Waals surface area contributed by atoms with E-state index in [1.165, 1.54) is 0 Å². The van der Waals surface area contributed by atoms with Crippen molar-refractivity contribution in [2.45, 2.75) is 19.3 Å². The van der Waals surface area contributed by atoms with E-state index in [0.29, 0.717) is 18.1 Å². The van der Waals surface area contributed by atoms with Crippen LogP contribution < -0.4 is 0 Å². The summed E-state index contributed by atoms with van der Waals surface area (Å²) in [4.78, 5) is 26.3. The zero-order chi connectivity index (χ0) is 17.5. The Hall–Kier alpha value is -2.62. The Kier molecular flexibility index (Phi) is 5.83. The summed E-state index contributed by atoms with van der Waals surface area (Å²) in [7, 11) is 0. The predicted molar refractivity (Wildman–Crippen MR) is 96.4 cm³/mol. The maximum atomic E-state index is 12.4. The highest BCUT2D eigenvalue weighted by Gasteiger charge is 2.23.